The van der Waals surface area contributed by atoms with Gasteiger partial charge in [-0.05, 0) is 18.6 Å². The number of nitrogens with one attached hydrogen (secondary N) is 2. The van der Waals surface area contributed by atoms with Gasteiger partial charge in [-0.25, -0.2) is 19.3 Å². The predicted octanol–water partition coefficient (Wildman–Crippen LogP) is 3.07. The zero-order valence-electron chi connectivity index (χ0n) is 17.9. The van der Waals surface area contributed by atoms with E-state index in [2.05, 4.69) is 42.0 Å². The van der Waals surface area contributed by atoms with Crippen LogP contribution in [0.15, 0.2) is 49.2 Å². The molecule has 2 aromatic heterocycles. The molecule has 0 bridgehead atoms. The van der Waals surface area contributed by atoms with Crippen molar-refractivity contribution < 1.29 is 9.13 Å². The quantitative estimate of drug-likeness (QED) is 0.573. The summed E-state index contributed by atoms with van der Waals surface area (Å²) in [6.45, 7) is 9.95. The molecule has 0 aliphatic carbocycles. The number of halogens is 1. The second-order valence-corrected chi connectivity index (χ2v) is 7.02. The van der Waals surface area contributed by atoms with E-state index in [4.69, 9.17) is 10.00 Å². The number of morpholine rings is 1. The minimum Gasteiger partial charge on any atom is -0.379 e. The van der Waals surface area contributed by atoms with Gasteiger partial charge >= 0.3 is 0 Å². The van der Waals surface area contributed by atoms with Crippen LogP contribution >= 0.6 is 0 Å². The maximum atomic E-state index is 12.9. The first-order chi connectivity index (χ1) is 15.5. The molecule has 0 unspecified atom stereocenters. The molecule has 3 rings (SSSR count). The number of hydrogen-bond acceptors (Lipinski definition) is 9. The van der Waals surface area contributed by atoms with Crippen molar-refractivity contribution in [2.24, 2.45) is 0 Å². The fraction of sp³-hybridized carbons (Fsp3) is 0.318. The molecule has 10 heteroatoms. The Balaban J connectivity index is 1.77. The summed E-state index contributed by atoms with van der Waals surface area (Å²) < 4.78 is 18.3. The normalized spacial score (nSPS) is 14.8. The van der Waals surface area contributed by atoms with E-state index in [9.17, 15) is 4.39 Å². The number of rotatable bonds is 9. The van der Waals surface area contributed by atoms with Crippen molar-refractivity contribution in [1.29, 1.82) is 5.26 Å². The average molecular weight is 436 g/mol. The molecule has 0 spiro atoms. The summed E-state index contributed by atoms with van der Waals surface area (Å²) in [5.74, 6) is 0.573. The second kappa shape index (κ2) is 11.6. The van der Waals surface area contributed by atoms with Gasteiger partial charge in [-0.3, -0.25) is 4.90 Å². The van der Waals surface area contributed by atoms with Gasteiger partial charge in [0, 0.05) is 37.9 Å². The monoisotopic (exact) mass is 436 g/mol. The molecule has 1 fully saturated rings. The lowest BCUT2D eigenvalue weighted by Crippen LogP contribution is -2.39. The average Bonchev–Trinajstić information content (AvgIpc) is 2.80. The minimum atomic E-state index is -0.515. The first kappa shape index (κ1) is 23.0. The van der Waals surface area contributed by atoms with Crippen LogP contribution in [0.2, 0.25) is 0 Å². The van der Waals surface area contributed by atoms with E-state index in [1.54, 1.807) is 18.3 Å². The van der Waals surface area contributed by atoms with Crippen LogP contribution < -0.4 is 10.6 Å². The number of nitrogens with zero attached hydrogens (tertiary/aromatic N) is 6. The highest BCUT2D eigenvalue weighted by atomic mass is 19.1. The van der Waals surface area contributed by atoms with Gasteiger partial charge in [0.1, 0.15) is 17.7 Å². The lowest BCUT2D eigenvalue weighted by atomic mass is 10.1. The van der Waals surface area contributed by atoms with Crippen molar-refractivity contribution in [1.82, 2.24) is 24.8 Å². The molecular formula is C22H25FN8O. The molecule has 0 atom stereocenters. The third-order valence-corrected chi connectivity index (χ3v) is 4.67. The van der Waals surface area contributed by atoms with Crippen molar-refractivity contribution in [3.63, 3.8) is 0 Å². The number of aromatic nitrogens is 4. The summed E-state index contributed by atoms with van der Waals surface area (Å²) >= 11 is 0. The van der Waals surface area contributed by atoms with Crippen LogP contribution in [-0.4, -0.2) is 64.2 Å². The van der Waals surface area contributed by atoms with Crippen molar-refractivity contribution in [3.8, 4) is 6.07 Å². The highest BCUT2D eigenvalue weighted by Crippen LogP contribution is 2.23. The Morgan fingerprint density at radius 1 is 1.28 bits per heavy atom. The fourth-order valence-electron chi connectivity index (χ4n) is 2.99. The Bertz CT molecular complexity index is 1020. The first-order valence-electron chi connectivity index (χ1n) is 10.1. The van der Waals surface area contributed by atoms with Crippen molar-refractivity contribution >= 4 is 23.0 Å². The number of anilines is 3. The number of allylic oxidation sites excluding steroid dienone is 5. The topological polar surface area (TPSA) is 112 Å². The van der Waals surface area contributed by atoms with Gasteiger partial charge in [-0.1, -0.05) is 18.7 Å². The van der Waals surface area contributed by atoms with Crippen LogP contribution in [0.25, 0.3) is 5.57 Å². The lowest BCUT2D eigenvalue weighted by molar-refractivity contribution is 0.0398. The van der Waals surface area contributed by atoms with Gasteiger partial charge in [-0.15, -0.1) is 0 Å². The van der Waals surface area contributed by atoms with E-state index in [1.807, 2.05) is 13.0 Å². The maximum Gasteiger partial charge on any atom is 0.232 e. The van der Waals surface area contributed by atoms with Crippen LogP contribution in [0.5, 0.6) is 0 Å². The summed E-state index contributed by atoms with van der Waals surface area (Å²) in [6, 6.07) is 1.88. The Kier molecular flexibility index (Phi) is 8.36. The summed E-state index contributed by atoms with van der Waals surface area (Å²) in [5.41, 5.74) is 2.22. The molecule has 1 saturated heterocycles. The molecule has 1 aliphatic heterocycles. The zero-order chi connectivity index (χ0) is 22.8. The molecule has 166 valence electrons. The van der Waals surface area contributed by atoms with Crippen LogP contribution in [0.3, 0.4) is 0 Å². The molecule has 1 aliphatic rings. The number of hydrogen-bond donors (Lipinski definition) is 2. The Morgan fingerprint density at radius 2 is 2.03 bits per heavy atom. The number of nitriles is 1. The SMILES string of the molecule is C=C(F)/C=C\C=C(/C)c1cnc(Nc2cnc(C#N)nc2)nc1NCCN1CCOCC1. The van der Waals surface area contributed by atoms with Gasteiger partial charge in [0.05, 0.1) is 31.3 Å². The predicted molar refractivity (Wildman–Crippen MR) is 121 cm³/mol. The van der Waals surface area contributed by atoms with Gasteiger partial charge in [0.25, 0.3) is 0 Å². The van der Waals surface area contributed by atoms with E-state index >= 15 is 0 Å². The molecule has 2 aromatic rings. The number of ether oxygens (including phenoxy) is 1. The lowest BCUT2D eigenvalue weighted by Gasteiger charge is -2.26. The maximum absolute atomic E-state index is 12.9. The zero-order valence-corrected chi connectivity index (χ0v) is 17.9. The van der Waals surface area contributed by atoms with E-state index in [1.165, 1.54) is 18.5 Å². The van der Waals surface area contributed by atoms with Gasteiger partial charge in [-0.2, -0.15) is 10.2 Å². The van der Waals surface area contributed by atoms with E-state index in [0.29, 0.717) is 24.0 Å². The van der Waals surface area contributed by atoms with Gasteiger partial charge in [0.15, 0.2) is 0 Å². The molecule has 0 saturated carbocycles. The first-order valence-corrected chi connectivity index (χ1v) is 10.1. The Hall–Kier alpha value is -3.68. The molecular weight excluding hydrogens is 411 g/mol. The van der Waals surface area contributed by atoms with Crippen molar-refractivity contribution in [2.75, 3.05) is 50.0 Å². The fourth-order valence-corrected chi connectivity index (χ4v) is 2.99. The smallest absolute Gasteiger partial charge is 0.232 e. The standard InChI is InChI=1S/C22H25FN8O/c1-16(4-3-5-17(2)23)19-15-28-22(29-18-13-26-20(12-24)27-14-18)30-21(19)25-6-7-31-8-10-32-11-9-31/h3-5,13-15H,2,6-11H2,1H3,(H2,25,28,29,30)/b5-3-,16-4+. The van der Waals surface area contributed by atoms with E-state index in [-0.39, 0.29) is 5.82 Å². The summed E-state index contributed by atoms with van der Waals surface area (Å²) in [4.78, 5) is 19.2. The van der Waals surface area contributed by atoms with Crippen LogP contribution in [0.1, 0.15) is 18.3 Å². The summed E-state index contributed by atoms with van der Waals surface area (Å²) in [6.07, 6.45) is 9.34. The molecule has 2 N–H and O–H groups in total. The molecule has 3 heterocycles. The molecule has 0 radical (unpaired) electrons. The highest BCUT2D eigenvalue weighted by Gasteiger charge is 2.12. The summed E-state index contributed by atoms with van der Waals surface area (Å²) in [7, 11) is 0. The van der Waals surface area contributed by atoms with E-state index in [0.717, 1.165) is 44.0 Å². The summed E-state index contributed by atoms with van der Waals surface area (Å²) in [5, 5.41) is 15.3. The molecule has 32 heavy (non-hydrogen) atoms. The van der Waals surface area contributed by atoms with Crippen molar-refractivity contribution in [2.45, 2.75) is 6.92 Å². The molecule has 9 nitrogen and oxygen atoms in total. The van der Waals surface area contributed by atoms with Crippen LogP contribution in [-0.2, 0) is 4.74 Å². The molecule has 0 amide bonds. The van der Waals surface area contributed by atoms with Gasteiger partial charge in [0.2, 0.25) is 11.8 Å². The van der Waals surface area contributed by atoms with Crippen LogP contribution in [0.4, 0.5) is 21.8 Å². The second-order valence-electron chi connectivity index (χ2n) is 7.02. The van der Waals surface area contributed by atoms with Gasteiger partial charge < -0.3 is 15.4 Å². The van der Waals surface area contributed by atoms with Crippen molar-refractivity contribution in [3.05, 3.63) is 60.6 Å². The third-order valence-electron chi connectivity index (χ3n) is 4.67. The minimum absolute atomic E-state index is 0.0852. The van der Waals surface area contributed by atoms with E-state index < -0.39 is 5.83 Å². The molecule has 0 aromatic carbocycles. The third kappa shape index (κ3) is 6.94. The van der Waals surface area contributed by atoms with Crippen LogP contribution in [0, 0.1) is 11.3 Å². The largest absolute Gasteiger partial charge is 0.379 e. The highest BCUT2D eigenvalue weighted by molar-refractivity contribution is 5.74. The Morgan fingerprint density at radius 3 is 2.72 bits per heavy atom. The Labute approximate surface area is 186 Å².